The van der Waals surface area contributed by atoms with E-state index in [2.05, 4.69) is 15.0 Å². The average Bonchev–Trinajstić information content (AvgIpc) is 2.36. The van der Waals surface area contributed by atoms with Gasteiger partial charge in [0.2, 0.25) is 0 Å². The van der Waals surface area contributed by atoms with Crippen molar-refractivity contribution in [3.8, 4) is 0 Å². The van der Waals surface area contributed by atoms with Gasteiger partial charge in [0.05, 0.1) is 12.1 Å². The minimum atomic E-state index is -0.282. The Morgan fingerprint density at radius 1 is 1.71 bits per heavy atom. The Labute approximate surface area is 110 Å². The topological polar surface area (TPSA) is 51.2 Å². The number of hydrogen-bond donors (Lipinski definition) is 1. The molecule has 0 saturated carbocycles. The summed E-state index contributed by atoms with van der Waals surface area (Å²) in [5, 5.41) is 4.33. The molecule has 6 heteroatoms. The Balaban J connectivity index is 2.42. The van der Waals surface area contributed by atoms with Crippen molar-refractivity contribution in [2.75, 3.05) is 19.9 Å². The number of halogens is 1. The number of pyridine rings is 1. The number of aromatic nitrogens is 1. The van der Waals surface area contributed by atoms with Crippen LogP contribution in [0.4, 0.5) is 0 Å². The average molecular weight is 275 g/mol. The maximum absolute atomic E-state index is 11.3. The molecule has 0 amide bonds. The van der Waals surface area contributed by atoms with Gasteiger partial charge in [0, 0.05) is 11.9 Å². The van der Waals surface area contributed by atoms with Crippen molar-refractivity contribution in [1.82, 2.24) is 10.3 Å². The van der Waals surface area contributed by atoms with Gasteiger partial charge in [-0.2, -0.15) is 0 Å². The molecule has 0 aliphatic carbocycles. The van der Waals surface area contributed by atoms with Crippen molar-refractivity contribution in [1.29, 1.82) is 0 Å². The van der Waals surface area contributed by atoms with E-state index < -0.39 is 0 Å². The molecule has 1 N–H and O–H groups in total. The Morgan fingerprint density at radius 3 is 3.06 bits per heavy atom. The second-order valence-corrected chi connectivity index (χ2v) is 4.78. The fourth-order valence-electron chi connectivity index (χ4n) is 1.27. The van der Waals surface area contributed by atoms with Crippen LogP contribution in [0.2, 0.25) is 5.02 Å². The number of ether oxygens (including phenoxy) is 1. The summed E-state index contributed by atoms with van der Waals surface area (Å²) in [5.74, 6) is 0.498. The first-order valence-electron chi connectivity index (χ1n) is 5.17. The van der Waals surface area contributed by atoms with Crippen LogP contribution < -0.4 is 5.32 Å². The number of rotatable bonds is 6. The number of likely N-dealkylation sites (N-methyl/N-ethyl adjacent to an activating group) is 1. The molecule has 0 aliphatic heterocycles. The van der Waals surface area contributed by atoms with Gasteiger partial charge in [0.15, 0.2) is 0 Å². The standard InChI is InChI=1S/C11H15ClN2O2S/c1-13-9(11(15)16-2)5-7-17-10-8(12)4-3-6-14-10/h3-4,6,9,13H,5,7H2,1-2H3. The molecule has 94 valence electrons. The summed E-state index contributed by atoms with van der Waals surface area (Å²) in [7, 11) is 3.12. The van der Waals surface area contributed by atoms with E-state index >= 15 is 0 Å². The van der Waals surface area contributed by atoms with E-state index in [9.17, 15) is 4.79 Å². The number of carbonyl (C=O) groups is 1. The molecule has 0 aromatic carbocycles. The Bertz CT molecular complexity index is 376. The van der Waals surface area contributed by atoms with E-state index in [0.717, 1.165) is 10.8 Å². The van der Waals surface area contributed by atoms with E-state index in [1.165, 1.54) is 18.9 Å². The number of esters is 1. The van der Waals surface area contributed by atoms with E-state index in [1.54, 1.807) is 25.4 Å². The summed E-state index contributed by atoms with van der Waals surface area (Å²) in [4.78, 5) is 15.5. The zero-order valence-corrected chi connectivity index (χ0v) is 11.3. The number of carbonyl (C=O) groups excluding carboxylic acids is 1. The number of nitrogens with zero attached hydrogens (tertiary/aromatic N) is 1. The minimum Gasteiger partial charge on any atom is -0.468 e. The predicted octanol–water partition coefficient (Wildman–Crippen LogP) is 1.98. The SMILES string of the molecule is CNC(CCSc1ncccc1Cl)C(=O)OC. The Kier molecular flexibility index (Phi) is 6.32. The maximum atomic E-state index is 11.3. The van der Waals surface area contributed by atoms with E-state index in [-0.39, 0.29) is 12.0 Å². The highest BCUT2D eigenvalue weighted by atomic mass is 35.5. The first-order valence-corrected chi connectivity index (χ1v) is 6.53. The highest BCUT2D eigenvalue weighted by Crippen LogP contribution is 2.24. The van der Waals surface area contributed by atoms with Gasteiger partial charge in [-0.05, 0) is 25.6 Å². The molecule has 0 bridgehead atoms. The van der Waals surface area contributed by atoms with Crippen LogP contribution in [0.1, 0.15) is 6.42 Å². The summed E-state index contributed by atoms with van der Waals surface area (Å²) >= 11 is 7.50. The zero-order chi connectivity index (χ0) is 12.7. The molecular weight excluding hydrogens is 260 g/mol. The molecular formula is C11H15ClN2O2S. The van der Waals surface area contributed by atoms with Gasteiger partial charge in [-0.15, -0.1) is 11.8 Å². The summed E-state index contributed by atoms with van der Waals surface area (Å²) in [6.07, 6.45) is 2.37. The van der Waals surface area contributed by atoms with Crippen LogP contribution in [0.25, 0.3) is 0 Å². The van der Waals surface area contributed by atoms with Gasteiger partial charge in [-0.3, -0.25) is 4.79 Å². The van der Waals surface area contributed by atoms with E-state index in [0.29, 0.717) is 11.4 Å². The quantitative estimate of drug-likeness (QED) is 0.635. The van der Waals surface area contributed by atoms with Crippen LogP contribution in [-0.4, -0.2) is 36.9 Å². The molecule has 0 aliphatic rings. The lowest BCUT2D eigenvalue weighted by atomic mass is 10.2. The van der Waals surface area contributed by atoms with Gasteiger partial charge in [0.1, 0.15) is 11.1 Å². The molecule has 4 nitrogen and oxygen atoms in total. The monoisotopic (exact) mass is 274 g/mol. The van der Waals surface area contributed by atoms with Crippen LogP contribution >= 0.6 is 23.4 Å². The number of nitrogens with one attached hydrogen (secondary N) is 1. The smallest absolute Gasteiger partial charge is 0.322 e. The van der Waals surface area contributed by atoms with Crippen LogP contribution in [0.3, 0.4) is 0 Å². The minimum absolute atomic E-state index is 0.250. The van der Waals surface area contributed by atoms with Crippen molar-refractivity contribution in [2.24, 2.45) is 0 Å². The summed E-state index contributed by atoms with van der Waals surface area (Å²) in [6.45, 7) is 0. The third-order valence-corrected chi connectivity index (χ3v) is 3.66. The molecule has 1 rings (SSSR count). The third-order valence-electron chi connectivity index (χ3n) is 2.20. The van der Waals surface area contributed by atoms with Crippen LogP contribution in [0.15, 0.2) is 23.4 Å². The van der Waals surface area contributed by atoms with Gasteiger partial charge in [-0.1, -0.05) is 11.6 Å². The fraction of sp³-hybridized carbons (Fsp3) is 0.455. The second-order valence-electron chi connectivity index (χ2n) is 3.29. The first kappa shape index (κ1) is 14.3. The van der Waals surface area contributed by atoms with Crippen LogP contribution in [0, 0.1) is 0 Å². The summed E-state index contributed by atoms with van der Waals surface area (Å²) in [6, 6.07) is 3.30. The van der Waals surface area contributed by atoms with Gasteiger partial charge in [-0.25, -0.2) is 4.98 Å². The van der Waals surface area contributed by atoms with Gasteiger partial charge < -0.3 is 10.1 Å². The molecule has 0 saturated heterocycles. The molecule has 1 aromatic heterocycles. The number of methoxy groups -OCH3 is 1. The fourth-order valence-corrected chi connectivity index (χ4v) is 2.45. The summed E-state index contributed by atoms with van der Waals surface area (Å²) < 4.78 is 4.68. The maximum Gasteiger partial charge on any atom is 0.322 e. The molecule has 17 heavy (non-hydrogen) atoms. The van der Waals surface area contributed by atoms with E-state index in [4.69, 9.17) is 11.6 Å². The normalized spacial score (nSPS) is 12.2. The number of thioether (sulfide) groups is 1. The van der Waals surface area contributed by atoms with Crippen molar-refractivity contribution >= 4 is 29.3 Å². The van der Waals surface area contributed by atoms with Crippen molar-refractivity contribution in [3.05, 3.63) is 23.4 Å². The van der Waals surface area contributed by atoms with Crippen molar-refractivity contribution in [3.63, 3.8) is 0 Å². The van der Waals surface area contributed by atoms with Crippen LogP contribution in [-0.2, 0) is 9.53 Å². The van der Waals surface area contributed by atoms with Gasteiger partial charge >= 0.3 is 5.97 Å². The van der Waals surface area contributed by atoms with Gasteiger partial charge in [0.25, 0.3) is 0 Å². The molecule has 1 heterocycles. The van der Waals surface area contributed by atoms with Crippen molar-refractivity contribution < 1.29 is 9.53 Å². The Morgan fingerprint density at radius 2 is 2.47 bits per heavy atom. The molecule has 0 spiro atoms. The number of hydrogen-bond acceptors (Lipinski definition) is 5. The third kappa shape index (κ3) is 4.53. The molecule has 1 atom stereocenters. The Hall–Kier alpha value is -0.780. The molecule has 1 aromatic rings. The lowest BCUT2D eigenvalue weighted by Gasteiger charge is -2.12. The second kappa shape index (κ2) is 7.53. The molecule has 1 unspecified atom stereocenters. The summed E-state index contributed by atoms with van der Waals surface area (Å²) in [5.41, 5.74) is 0. The lowest BCUT2D eigenvalue weighted by molar-refractivity contribution is -0.143. The van der Waals surface area contributed by atoms with E-state index in [1.807, 2.05) is 0 Å². The highest BCUT2D eigenvalue weighted by Gasteiger charge is 2.16. The van der Waals surface area contributed by atoms with Crippen molar-refractivity contribution in [2.45, 2.75) is 17.5 Å². The largest absolute Gasteiger partial charge is 0.468 e. The highest BCUT2D eigenvalue weighted by molar-refractivity contribution is 7.99. The first-order chi connectivity index (χ1) is 8.19. The lowest BCUT2D eigenvalue weighted by Crippen LogP contribution is -2.35. The predicted molar refractivity (Wildman–Crippen MR) is 69.5 cm³/mol. The molecule has 0 radical (unpaired) electrons. The zero-order valence-electron chi connectivity index (χ0n) is 9.77. The van der Waals surface area contributed by atoms with Crippen LogP contribution in [0.5, 0.6) is 0 Å². The molecule has 0 fully saturated rings.